The molecule has 0 N–H and O–H groups in total. The number of rotatable bonds is 0. The summed E-state index contributed by atoms with van der Waals surface area (Å²) in [6, 6.07) is 0. The van der Waals surface area contributed by atoms with E-state index in [0.29, 0.717) is 6.49 Å². The van der Waals surface area contributed by atoms with Crippen molar-refractivity contribution < 1.29 is 0 Å². The van der Waals surface area contributed by atoms with Gasteiger partial charge >= 0.3 is 0 Å². The third-order valence-corrected chi connectivity index (χ3v) is 4.10. The van der Waals surface area contributed by atoms with Crippen LogP contribution in [0.1, 0.15) is 0 Å². The van der Waals surface area contributed by atoms with E-state index >= 15 is 0 Å². The van der Waals surface area contributed by atoms with Crippen molar-refractivity contribution in [3.63, 3.8) is 0 Å². The maximum atomic E-state index is 4.61. The smallest absolute Gasteiger partial charge is 0.0760 e. The van der Waals surface area contributed by atoms with Gasteiger partial charge in [0.2, 0.25) is 0 Å². The minimum Gasteiger partial charge on any atom is -0.191 e. The summed E-state index contributed by atoms with van der Waals surface area (Å²) in [4.78, 5) is 0. The van der Waals surface area contributed by atoms with Crippen molar-refractivity contribution >= 4 is 95.5 Å². The van der Waals surface area contributed by atoms with Crippen LogP contribution in [0.15, 0.2) is 0 Å². The average molecular weight is 199 g/mol. The van der Waals surface area contributed by atoms with Crippen LogP contribution in [0, 0.1) is 0 Å². The molecule has 0 saturated carbocycles. The summed E-state index contributed by atoms with van der Waals surface area (Å²) >= 11 is 9.17. The molecule has 0 aromatic rings. The highest BCUT2D eigenvalue weighted by molar-refractivity contribution is 7.97. The molecule has 3 aliphatic rings. The zero-order valence-corrected chi connectivity index (χ0v) is 9.53. The minimum absolute atomic E-state index is 0.146. The Labute approximate surface area is 105 Å². The molecule has 0 nitrogen and oxygen atoms in total. The van der Waals surface area contributed by atoms with Gasteiger partial charge in [-0.15, -0.1) is 0 Å². The van der Waals surface area contributed by atoms with Crippen LogP contribution in [-0.4, -0.2) is 80.0 Å². The fourth-order valence-electron chi connectivity index (χ4n) is 1.66. The van der Waals surface area contributed by atoms with Crippen molar-refractivity contribution in [1.29, 1.82) is 0 Å². The first-order chi connectivity index (χ1) is 6.72. The van der Waals surface area contributed by atoms with Gasteiger partial charge in [-0.2, -0.15) is 25.3 Å². The van der Waals surface area contributed by atoms with E-state index in [-0.39, 0.29) is 9.70 Å². The van der Waals surface area contributed by atoms with Gasteiger partial charge in [-0.05, 0) is 5.15 Å². The highest BCUT2D eigenvalue weighted by Gasteiger charge is 2.49. The topological polar surface area (TPSA) is 0 Å². The van der Waals surface area contributed by atoms with Gasteiger partial charge in [0.25, 0.3) is 0 Å². The summed E-state index contributed by atoms with van der Waals surface area (Å²) in [5.41, 5.74) is 0. The largest absolute Gasteiger partial charge is 0.191 e. The van der Waals surface area contributed by atoms with Crippen LogP contribution in [0.3, 0.4) is 0 Å². The van der Waals surface area contributed by atoms with Crippen LogP contribution in [0.2, 0.25) is 0 Å². The number of hydrogen-bond donors (Lipinski definition) is 2. The predicted molar refractivity (Wildman–Crippen MR) is 82.0 cm³/mol. The number of fused-ring (bicyclic) bond motifs is 7. The molecule has 0 amide bonds. The third kappa shape index (κ3) is 2.53. The summed E-state index contributed by atoms with van der Waals surface area (Å²) in [7, 11) is 18.6. The Kier molecular flexibility index (Phi) is 4.32. The molecule has 3 saturated heterocycles. The summed E-state index contributed by atoms with van der Waals surface area (Å²) in [6.45, 7) is 0.434. The second kappa shape index (κ2) is 5.12. The molecule has 0 spiro atoms. The third-order valence-electron chi connectivity index (χ3n) is 2.55. The van der Waals surface area contributed by atoms with Crippen LogP contribution in [-0.2, 0) is 0 Å². The maximum absolute atomic E-state index is 4.61. The van der Waals surface area contributed by atoms with Gasteiger partial charge in [0.15, 0.2) is 0 Å². The summed E-state index contributed by atoms with van der Waals surface area (Å²) < 4.78 is -0.146. The van der Waals surface area contributed by atoms with Gasteiger partial charge < -0.3 is 0 Å². The molecule has 0 aromatic heterocycles. The Morgan fingerprint density at radius 1 is 1.00 bits per heavy atom. The van der Waals surface area contributed by atoms with Crippen molar-refractivity contribution in [1.82, 2.24) is 0 Å². The van der Waals surface area contributed by atoms with Crippen molar-refractivity contribution in [2.24, 2.45) is 0 Å². The lowest BCUT2D eigenvalue weighted by Crippen LogP contribution is -2.73. The van der Waals surface area contributed by atoms with Crippen LogP contribution in [0.4, 0.5) is 0 Å². The van der Waals surface area contributed by atoms with E-state index in [1.165, 1.54) is 0 Å². The molecule has 3 aliphatic heterocycles. The molecular formula is C2H3B10S2. The SMILES string of the molecule is S[C@@H]1B2[B][B][B][B][B][B][B][B][C@@]1(S)[B]2. The molecule has 12 heteroatoms. The fourth-order valence-corrected chi connectivity index (χ4v) is 2.45. The zero-order chi connectivity index (χ0) is 10.0. The molecule has 0 aromatic carbocycles. The van der Waals surface area contributed by atoms with Crippen molar-refractivity contribution in [3.05, 3.63) is 0 Å². The Morgan fingerprint density at radius 3 is 2.36 bits per heavy atom. The van der Waals surface area contributed by atoms with Crippen LogP contribution >= 0.6 is 25.3 Å². The van der Waals surface area contributed by atoms with E-state index in [1.54, 1.807) is 0 Å². The zero-order valence-electron chi connectivity index (χ0n) is 7.75. The molecule has 0 aliphatic carbocycles. The Hall–Kier alpha value is 1.35. The van der Waals surface area contributed by atoms with E-state index < -0.39 is 0 Å². The molecule has 3 fully saturated rings. The lowest BCUT2D eigenvalue weighted by Gasteiger charge is -2.50. The Balaban J connectivity index is 1.91. The average Bonchev–Trinajstić information content (AvgIpc) is 2.24. The lowest BCUT2D eigenvalue weighted by atomic mass is 8.80. The molecule has 3 heterocycles. The quantitative estimate of drug-likeness (QED) is 0.296. The van der Waals surface area contributed by atoms with Crippen molar-refractivity contribution in [2.45, 2.75) is 9.70 Å². The Morgan fingerprint density at radius 2 is 1.64 bits per heavy atom. The van der Waals surface area contributed by atoms with E-state index in [9.17, 15) is 0 Å². The van der Waals surface area contributed by atoms with Gasteiger partial charge in [-0.25, -0.2) is 0 Å². The van der Waals surface area contributed by atoms with Gasteiger partial charge in [0, 0.05) is 49.4 Å². The van der Waals surface area contributed by atoms with Crippen LogP contribution in [0.5, 0.6) is 0 Å². The molecule has 53 valence electrons. The standard InChI is InChI=1S/C2H3B10S2/c13-1-2(14)3-5-6-7-8-9-10-11-12(1)4-2/h1,13-14H/t1-,2+/m0/s1. The maximum Gasteiger partial charge on any atom is 0.0760 e. The highest BCUT2D eigenvalue weighted by Crippen LogP contribution is 2.32. The predicted octanol–water partition coefficient (Wildman–Crippen LogP) is -3.33. The number of thiol groups is 2. The molecular weight excluding hydrogens is 196 g/mol. The van der Waals surface area contributed by atoms with Crippen molar-refractivity contribution in [2.75, 3.05) is 0 Å². The van der Waals surface area contributed by atoms with E-state index in [0.717, 1.165) is 0 Å². The molecule has 2 bridgehead atoms. The summed E-state index contributed by atoms with van der Waals surface area (Å²) in [6.07, 6.45) is 0. The Bertz CT molecular complexity index is 197. The summed E-state index contributed by atoms with van der Waals surface area (Å²) in [5, 5.41) is 0.276. The fraction of sp³-hybridized carbons (Fsp3) is 1.00. The lowest BCUT2D eigenvalue weighted by molar-refractivity contribution is 1.17. The first-order valence-electron chi connectivity index (χ1n) is 4.68. The van der Waals surface area contributed by atoms with Gasteiger partial charge in [0.05, 0.1) is 20.8 Å². The van der Waals surface area contributed by atoms with E-state index in [1.807, 2.05) is 35.3 Å². The van der Waals surface area contributed by atoms with Gasteiger partial charge in [0.1, 0.15) is 0 Å². The van der Waals surface area contributed by atoms with Crippen molar-refractivity contribution in [3.8, 4) is 0 Å². The first-order valence-corrected chi connectivity index (χ1v) is 5.64. The second-order valence-corrected chi connectivity index (χ2v) is 4.92. The monoisotopic (exact) mass is 201 g/mol. The molecule has 0 unspecified atom stereocenters. The highest BCUT2D eigenvalue weighted by atomic mass is 32.1. The first kappa shape index (κ1) is 11.8. The van der Waals surface area contributed by atoms with E-state index in [2.05, 4.69) is 53.7 Å². The van der Waals surface area contributed by atoms with E-state index in [4.69, 9.17) is 0 Å². The normalized spacial score (nSPS) is 34.7. The van der Waals surface area contributed by atoms with Crippen LogP contribution < -0.4 is 0 Å². The second-order valence-electron chi connectivity index (χ2n) is 3.59. The minimum atomic E-state index is -0.146. The molecule has 9 radical (unpaired) electrons. The molecule has 2 atom stereocenters. The summed E-state index contributed by atoms with van der Waals surface area (Å²) in [5.74, 6) is 0. The molecule has 14 heavy (non-hydrogen) atoms. The van der Waals surface area contributed by atoms with Gasteiger partial charge in [-0.1, -0.05) is 4.55 Å². The van der Waals surface area contributed by atoms with Gasteiger partial charge in [-0.3, -0.25) is 0 Å². The van der Waals surface area contributed by atoms with Crippen LogP contribution in [0.25, 0.3) is 0 Å². The number of hydrogen-bond acceptors (Lipinski definition) is 2. The molecule has 3 rings (SSSR count).